The van der Waals surface area contributed by atoms with Crippen molar-refractivity contribution < 1.29 is 4.79 Å². The molecule has 7 heteroatoms. The number of hydrogen-bond acceptors (Lipinski definition) is 6. The molecule has 2 aromatic heterocycles. The van der Waals surface area contributed by atoms with Gasteiger partial charge in [-0.05, 0) is 48.2 Å². The number of aromatic nitrogens is 2. The van der Waals surface area contributed by atoms with Crippen molar-refractivity contribution >= 4 is 23.2 Å². The minimum absolute atomic E-state index is 0.0125. The van der Waals surface area contributed by atoms with Crippen molar-refractivity contribution in [1.29, 1.82) is 0 Å². The highest BCUT2D eigenvalue weighted by Gasteiger charge is 2.17. The minimum atomic E-state index is -0.0125. The molecular formula is C20H21N5OS. The number of benzene rings is 1. The Morgan fingerprint density at radius 2 is 2.22 bits per heavy atom. The van der Waals surface area contributed by atoms with Gasteiger partial charge in [0.25, 0.3) is 5.91 Å². The fourth-order valence-corrected chi connectivity index (χ4v) is 4.31. The topological polar surface area (TPSA) is 92.9 Å². The SMILES string of the molecule is Cc1cc(-c2ccnc(N)n2)ccc1CNC(=O)c1cc2c(s1)CCNC2. The van der Waals surface area contributed by atoms with Crippen LogP contribution in [0.15, 0.2) is 36.5 Å². The number of fused-ring (bicyclic) bond motifs is 1. The maximum Gasteiger partial charge on any atom is 0.261 e. The first kappa shape index (κ1) is 17.6. The second-order valence-corrected chi connectivity index (χ2v) is 7.75. The van der Waals surface area contributed by atoms with Crippen molar-refractivity contribution in [2.24, 2.45) is 0 Å². The highest BCUT2D eigenvalue weighted by molar-refractivity contribution is 7.14. The normalized spacial score (nSPS) is 13.2. The van der Waals surface area contributed by atoms with Gasteiger partial charge < -0.3 is 16.4 Å². The van der Waals surface area contributed by atoms with Crippen LogP contribution in [0.3, 0.4) is 0 Å². The number of nitrogens with two attached hydrogens (primary N) is 1. The molecule has 0 bridgehead atoms. The molecule has 1 aliphatic heterocycles. The van der Waals surface area contributed by atoms with Crippen LogP contribution in [0, 0.1) is 6.92 Å². The molecule has 138 valence electrons. The van der Waals surface area contributed by atoms with Crippen molar-refractivity contribution in [2.45, 2.75) is 26.4 Å². The number of anilines is 1. The number of carbonyl (C=O) groups excluding carboxylic acids is 1. The molecule has 1 aromatic carbocycles. The summed E-state index contributed by atoms with van der Waals surface area (Å²) in [5.41, 5.74) is 10.9. The van der Waals surface area contributed by atoms with Gasteiger partial charge in [-0.2, -0.15) is 0 Å². The summed E-state index contributed by atoms with van der Waals surface area (Å²) in [5.74, 6) is 0.247. The molecule has 4 N–H and O–H groups in total. The lowest BCUT2D eigenvalue weighted by Crippen LogP contribution is -2.22. The lowest BCUT2D eigenvalue weighted by molar-refractivity contribution is 0.0955. The summed E-state index contributed by atoms with van der Waals surface area (Å²) < 4.78 is 0. The molecule has 0 atom stereocenters. The minimum Gasteiger partial charge on any atom is -0.368 e. The molecule has 1 aliphatic rings. The van der Waals surface area contributed by atoms with Gasteiger partial charge in [0.1, 0.15) is 0 Å². The number of nitrogens with zero attached hydrogens (tertiary/aromatic N) is 2. The van der Waals surface area contributed by atoms with Crippen LogP contribution in [0.5, 0.6) is 0 Å². The van der Waals surface area contributed by atoms with Crippen LogP contribution < -0.4 is 16.4 Å². The van der Waals surface area contributed by atoms with Gasteiger partial charge in [0, 0.05) is 36.3 Å². The zero-order chi connectivity index (χ0) is 18.8. The maximum atomic E-state index is 12.5. The summed E-state index contributed by atoms with van der Waals surface area (Å²) in [6.07, 6.45) is 2.65. The summed E-state index contributed by atoms with van der Waals surface area (Å²) in [4.78, 5) is 22.8. The standard InChI is InChI=1S/C20H21N5OS/c1-12-8-13(16-4-7-23-20(21)25-16)2-3-14(12)11-24-19(26)18-9-15-10-22-6-5-17(15)27-18/h2-4,7-9,22H,5-6,10-11H2,1H3,(H,24,26)(H2,21,23,25). The predicted molar refractivity (Wildman–Crippen MR) is 108 cm³/mol. The summed E-state index contributed by atoms with van der Waals surface area (Å²) in [6.45, 7) is 4.37. The summed E-state index contributed by atoms with van der Waals surface area (Å²) in [7, 11) is 0. The third kappa shape index (κ3) is 3.84. The second kappa shape index (κ2) is 7.46. The van der Waals surface area contributed by atoms with Crippen molar-refractivity contribution in [3.05, 3.63) is 63.0 Å². The van der Waals surface area contributed by atoms with Gasteiger partial charge in [0.05, 0.1) is 10.6 Å². The lowest BCUT2D eigenvalue weighted by Gasteiger charge is -2.10. The Balaban J connectivity index is 1.45. The third-order valence-electron chi connectivity index (χ3n) is 4.72. The van der Waals surface area contributed by atoms with E-state index in [1.165, 1.54) is 10.4 Å². The fraction of sp³-hybridized carbons (Fsp3) is 0.250. The van der Waals surface area contributed by atoms with E-state index >= 15 is 0 Å². The third-order valence-corrected chi connectivity index (χ3v) is 5.95. The molecule has 4 rings (SSSR count). The zero-order valence-electron chi connectivity index (χ0n) is 15.1. The molecule has 0 unspecified atom stereocenters. The number of carbonyl (C=O) groups is 1. The van der Waals surface area contributed by atoms with E-state index < -0.39 is 0 Å². The van der Waals surface area contributed by atoms with Gasteiger partial charge in [0.2, 0.25) is 5.95 Å². The average molecular weight is 379 g/mol. The zero-order valence-corrected chi connectivity index (χ0v) is 15.9. The van der Waals surface area contributed by atoms with E-state index in [1.807, 2.05) is 31.2 Å². The van der Waals surface area contributed by atoms with Crippen molar-refractivity contribution in [3.8, 4) is 11.3 Å². The van der Waals surface area contributed by atoms with Crippen LogP contribution >= 0.6 is 11.3 Å². The smallest absolute Gasteiger partial charge is 0.261 e. The van der Waals surface area contributed by atoms with E-state index in [0.717, 1.165) is 46.8 Å². The van der Waals surface area contributed by atoms with E-state index in [1.54, 1.807) is 17.5 Å². The second-order valence-electron chi connectivity index (χ2n) is 6.61. The fourth-order valence-electron chi connectivity index (χ4n) is 3.22. The van der Waals surface area contributed by atoms with E-state index in [9.17, 15) is 4.79 Å². The largest absolute Gasteiger partial charge is 0.368 e. The van der Waals surface area contributed by atoms with E-state index in [-0.39, 0.29) is 11.9 Å². The Bertz CT molecular complexity index is 974. The van der Waals surface area contributed by atoms with Crippen molar-refractivity contribution in [1.82, 2.24) is 20.6 Å². The van der Waals surface area contributed by atoms with Crippen LogP contribution in [0.2, 0.25) is 0 Å². The van der Waals surface area contributed by atoms with Gasteiger partial charge in [-0.15, -0.1) is 11.3 Å². The first-order valence-electron chi connectivity index (χ1n) is 8.89. The molecule has 0 radical (unpaired) electrons. The Morgan fingerprint density at radius 3 is 3.00 bits per heavy atom. The van der Waals surface area contributed by atoms with Gasteiger partial charge in [0.15, 0.2) is 0 Å². The van der Waals surface area contributed by atoms with Crippen LogP contribution in [-0.2, 0) is 19.5 Å². The van der Waals surface area contributed by atoms with Crippen molar-refractivity contribution in [2.75, 3.05) is 12.3 Å². The Hall–Kier alpha value is -2.77. The van der Waals surface area contributed by atoms with Crippen LogP contribution in [0.1, 0.15) is 31.2 Å². The number of aryl methyl sites for hydroxylation is 1. The van der Waals surface area contributed by atoms with Gasteiger partial charge in [-0.1, -0.05) is 12.1 Å². The molecule has 1 amide bonds. The number of rotatable bonds is 4. The molecule has 6 nitrogen and oxygen atoms in total. The molecule has 3 heterocycles. The van der Waals surface area contributed by atoms with Gasteiger partial charge in [-0.3, -0.25) is 4.79 Å². The number of nitrogen functional groups attached to an aromatic ring is 1. The summed E-state index contributed by atoms with van der Waals surface area (Å²) in [5, 5.41) is 6.38. The predicted octanol–water partition coefficient (Wildman–Crippen LogP) is 2.67. The molecule has 0 saturated carbocycles. The highest BCUT2D eigenvalue weighted by Crippen LogP contribution is 2.25. The summed E-state index contributed by atoms with van der Waals surface area (Å²) in [6, 6.07) is 9.91. The van der Waals surface area contributed by atoms with Crippen LogP contribution in [-0.4, -0.2) is 22.4 Å². The van der Waals surface area contributed by atoms with Crippen molar-refractivity contribution in [3.63, 3.8) is 0 Å². The number of amides is 1. The first-order valence-corrected chi connectivity index (χ1v) is 9.71. The van der Waals surface area contributed by atoms with Gasteiger partial charge in [-0.25, -0.2) is 9.97 Å². The molecular weight excluding hydrogens is 358 g/mol. The van der Waals surface area contributed by atoms with E-state index in [4.69, 9.17) is 5.73 Å². The average Bonchev–Trinajstić information content (AvgIpc) is 3.11. The monoisotopic (exact) mass is 379 g/mol. The molecule has 0 aliphatic carbocycles. The molecule has 0 saturated heterocycles. The van der Waals surface area contributed by atoms with Crippen LogP contribution in [0.25, 0.3) is 11.3 Å². The molecule has 0 spiro atoms. The molecule has 27 heavy (non-hydrogen) atoms. The number of thiophene rings is 1. The Morgan fingerprint density at radius 1 is 1.33 bits per heavy atom. The Kier molecular flexibility index (Phi) is 4.87. The quantitative estimate of drug-likeness (QED) is 0.648. The summed E-state index contributed by atoms with van der Waals surface area (Å²) >= 11 is 1.61. The van der Waals surface area contributed by atoms with E-state index in [2.05, 4.69) is 26.7 Å². The Labute approximate surface area is 161 Å². The lowest BCUT2D eigenvalue weighted by atomic mass is 10.0. The van der Waals surface area contributed by atoms with Crippen LogP contribution in [0.4, 0.5) is 5.95 Å². The highest BCUT2D eigenvalue weighted by atomic mass is 32.1. The van der Waals surface area contributed by atoms with Gasteiger partial charge >= 0.3 is 0 Å². The number of hydrogen-bond donors (Lipinski definition) is 3. The molecule has 3 aromatic rings. The maximum absolute atomic E-state index is 12.5. The molecule has 0 fully saturated rings. The first-order chi connectivity index (χ1) is 13.1. The van der Waals surface area contributed by atoms with E-state index in [0.29, 0.717) is 6.54 Å². The number of nitrogens with one attached hydrogen (secondary N) is 2.